The number of carbonyl (C=O) groups excluding carboxylic acids is 1. The monoisotopic (exact) mass is 385 g/mol. The predicted octanol–water partition coefficient (Wildman–Crippen LogP) is 3.75. The molecule has 0 saturated carbocycles. The number of hydrazone groups is 1. The van der Waals surface area contributed by atoms with Gasteiger partial charge in [0.25, 0.3) is 11.6 Å². The Morgan fingerprint density at radius 2 is 2.04 bits per heavy atom. The molecule has 2 aromatic carbocycles. The summed E-state index contributed by atoms with van der Waals surface area (Å²) in [5.41, 5.74) is 1.14. The maximum absolute atomic E-state index is 12.7. The maximum Gasteiger partial charge on any atom is 0.335 e. The van der Waals surface area contributed by atoms with E-state index in [9.17, 15) is 19.7 Å². The van der Waals surface area contributed by atoms with Crippen LogP contribution in [0.5, 0.6) is 0 Å². The van der Waals surface area contributed by atoms with Crippen LogP contribution in [-0.2, 0) is 4.79 Å². The first-order valence-electron chi connectivity index (χ1n) is 7.67. The zero-order valence-electron chi connectivity index (χ0n) is 13.9. The van der Waals surface area contributed by atoms with Gasteiger partial charge in [0.05, 0.1) is 27.5 Å². The number of carboxylic acids is 1. The topological polar surface area (TPSA) is 113 Å². The van der Waals surface area contributed by atoms with E-state index in [0.717, 1.165) is 5.01 Å². The summed E-state index contributed by atoms with van der Waals surface area (Å²) >= 11 is 5.80. The Labute approximate surface area is 158 Å². The smallest absolute Gasteiger partial charge is 0.335 e. The first-order valence-corrected chi connectivity index (χ1v) is 8.05. The van der Waals surface area contributed by atoms with Crippen molar-refractivity contribution in [3.05, 3.63) is 74.3 Å². The Morgan fingerprint density at radius 1 is 1.30 bits per heavy atom. The highest BCUT2D eigenvalue weighted by Crippen LogP contribution is 2.29. The average Bonchev–Trinajstić information content (AvgIpc) is 2.91. The van der Waals surface area contributed by atoms with Gasteiger partial charge in [-0.25, -0.2) is 4.79 Å². The number of halogens is 1. The molecule has 0 spiro atoms. The Kier molecular flexibility index (Phi) is 4.74. The van der Waals surface area contributed by atoms with Gasteiger partial charge in [0.15, 0.2) is 0 Å². The van der Waals surface area contributed by atoms with E-state index in [0.29, 0.717) is 17.0 Å². The van der Waals surface area contributed by atoms with Crippen LogP contribution in [0, 0.1) is 10.1 Å². The van der Waals surface area contributed by atoms with E-state index in [-0.39, 0.29) is 21.8 Å². The largest absolute Gasteiger partial charge is 0.478 e. The van der Waals surface area contributed by atoms with Gasteiger partial charge in [-0.1, -0.05) is 23.7 Å². The minimum absolute atomic E-state index is 0.00241. The lowest BCUT2D eigenvalue weighted by atomic mass is 10.1. The number of benzene rings is 2. The highest BCUT2D eigenvalue weighted by atomic mass is 35.5. The van der Waals surface area contributed by atoms with Crippen LogP contribution in [0.3, 0.4) is 0 Å². The normalized spacial score (nSPS) is 15.2. The van der Waals surface area contributed by atoms with E-state index >= 15 is 0 Å². The SMILES string of the molecule is CC1=NN(c2cccc(C(=O)O)c2)C(=O)/C1=C\c1ccc(Cl)c([N+](=O)[O-])c1. The van der Waals surface area contributed by atoms with Gasteiger partial charge in [0.2, 0.25) is 0 Å². The summed E-state index contributed by atoms with van der Waals surface area (Å²) < 4.78 is 0. The molecule has 0 bridgehead atoms. The molecule has 1 amide bonds. The third-order valence-electron chi connectivity index (χ3n) is 3.88. The standard InChI is InChI=1S/C18H12ClN3O5/c1-10-14(7-11-5-6-15(19)16(8-11)22(26)27)17(23)21(20-10)13-4-2-3-12(9-13)18(24)25/h2-9H,1H3,(H,24,25)/b14-7-. The Morgan fingerprint density at radius 3 is 2.70 bits per heavy atom. The number of carboxylic acid groups (broad SMARTS) is 1. The fourth-order valence-electron chi connectivity index (χ4n) is 2.56. The van der Waals surface area contributed by atoms with Crippen LogP contribution in [-0.4, -0.2) is 27.6 Å². The summed E-state index contributed by atoms with van der Waals surface area (Å²) in [7, 11) is 0. The summed E-state index contributed by atoms with van der Waals surface area (Å²) in [5, 5.41) is 25.4. The van der Waals surface area contributed by atoms with Crippen LogP contribution in [0.25, 0.3) is 6.08 Å². The molecule has 1 aliphatic rings. The molecule has 1 aliphatic heterocycles. The number of rotatable bonds is 4. The van der Waals surface area contributed by atoms with E-state index < -0.39 is 16.8 Å². The molecule has 0 saturated heterocycles. The van der Waals surface area contributed by atoms with Gasteiger partial charge in [-0.2, -0.15) is 10.1 Å². The second-order valence-corrected chi connectivity index (χ2v) is 6.09. The van der Waals surface area contributed by atoms with Crippen molar-refractivity contribution in [3.63, 3.8) is 0 Å². The highest BCUT2D eigenvalue weighted by molar-refractivity contribution is 6.33. The van der Waals surface area contributed by atoms with Gasteiger partial charge in [-0.05, 0) is 42.8 Å². The Bertz CT molecular complexity index is 1050. The van der Waals surface area contributed by atoms with Crippen molar-refractivity contribution in [2.24, 2.45) is 5.10 Å². The minimum Gasteiger partial charge on any atom is -0.478 e. The Hall–Kier alpha value is -3.52. The average molecular weight is 386 g/mol. The van der Waals surface area contributed by atoms with E-state index in [1.807, 2.05) is 0 Å². The van der Waals surface area contributed by atoms with Gasteiger partial charge in [-0.15, -0.1) is 0 Å². The van der Waals surface area contributed by atoms with Crippen molar-refractivity contribution >= 4 is 46.6 Å². The number of nitrogens with zero attached hydrogens (tertiary/aromatic N) is 3. The third kappa shape index (κ3) is 3.56. The number of carbonyl (C=O) groups is 2. The Balaban J connectivity index is 1.97. The summed E-state index contributed by atoms with van der Waals surface area (Å²) in [6.45, 7) is 1.62. The second kappa shape index (κ2) is 7.00. The van der Waals surface area contributed by atoms with Crippen LogP contribution in [0.15, 0.2) is 53.1 Å². The number of anilines is 1. The lowest BCUT2D eigenvalue weighted by Gasteiger charge is -2.12. The van der Waals surface area contributed by atoms with Crippen molar-refractivity contribution in [1.82, 2.24) is 0 Å². The predicted molar refractivity (Wildman–Crippen MR) is 100 cm³/mol. The van der Waals surface area contributed by atoms with Crippen LogP contribution >= 0.6 is 11.6 Å². The van der Waals surface area contributed by atoms with Crippen LogP contribution in [0.2, 0.25) is 5.02 Å². The van der Waals surface area contributed by atoms with Crippen molar-refractivity contribution < 1.29 is 19.6 Å². The number of hydrogen-bond acceptors (Lipinski definition) is 5. The number of hydrogen-bond donors (Lipinski definition) is 1. The van der Waals surface area contributed by atoms with Crippen LogP contribution in [0.4, 0.5) is 11.4 Å². The van der Waals surface area contributed by atoms with Crippen molar-refractivity contribution in [2.75, 3.05) is 5.01 Å². The molecule has 1 heterocycles. The molecular weight excluding hydrogens is 374 g/mol. The fraction of sp³-hybridized carbons (Fsp3) is 0.0556. The molecule has 3 rings (SSSR count). The highest BCUT2D eigenvalue weighted by Gasteiger charge is 2.29. The molecule has 0 fully saturated rings. The van der Waals surface area contributed by atoms with Crippen molar-refractivity contribution in [3.8, 4) is 0 Å². The molecule has 27 heavy (non-hydrogen) atoms. The molecule has 136 valence electrons. The lowest BCUT2D eigenvalue weighted by Crippen LogP contribution is -2.21. The molecule has 2 aromatic rings. The quantitative estimate of drug-likeness (QED) is 0.489. The molecule has 1 N–H and O–H groups in total. The first-order chi connectivity index (χ1) is 12.8. The maximum atomic E-state index is 12.7. The second-order valence-electron chi connectivity index (χ2n) is 5.68. The summed E-state index contributed by atoms with van der Waals surface area (Å²) in [5.74, 6) is -1.58. The first kappa shape index (κ1) is 18.3. The van der Waals surface area contributed by atoms with Gasteiger partial charge in [-0.3, -0.25) is 14.9 Å². The molecule has 0 radical (unpaired) electrons. The van der Waals surface area contributed by atoms with E-state index in [1.165, 1.54) is 36.4 Å². The number of amides is 1. The molecule has 0 unspecified atom stereocenters. The number of nitro benzene ring substituents is 1. The van der Waals surface area contributed by atoms with E-state index in [4.69, 9.17) is 16.7 Å². The fourth-order valence-corrected chi connectivity index (χ4v) is 2.74. The minimum atomic E-state index is -1.12. The van der Waals surface area contributed by atoms with Gasteiger partial charge >= 0.3 is 5.97 Å². The summed E-state index contributed by atoms with van der Waals surface area (Å²) in [4.78, 5) is 34.3. The zero-order chi connectivity index (χ0) is 19.7. The molecule has 0 aliphatic carbocycles. The van der Waals surface area contributed by atoms with E-state index in [1.54, 1.807) is 19.1 Å². The molecule has 0 aromatic heterocycles. The molecule has 8 nitrogen and oxygen atoms in total. The van der Waals surface area contributed by atoms with Gasteiger partial charge in [0, 0.05) is 6.07 Å². The molecule has 9 heteroatoms. The number of aromatic carboxylic acids is 1. The third-order valence-corrected chi connectivity index (χ3v) is 4.20. The molecular formula is C18H12ClN3O5. The summed E-state index contributed by atoms with van der Waals surface area (Å²) in [6.07, 6.45) is 1.48. The van der Waals surface area contributed by atoms with Gasteiger partial charge < -0.3 is 5.11 Å². The summed E-state index contributed by atoms with van der Waals surface area (Å²) in [6, 6.07) is 10.0. The van der Waals surface area contributed by atoms with Crippen molar-refractivity contribution in [1.29, 1.82) is 0 Å². The lowest BCUT2D eigenvalue weighted by molar-refractivity contribution is -0.384. The van der Waals surface area contributed by atoms with Crippen LogP contribution in [0.1, 0.15) is 22.8 Å². The van der Waals surface area contributed by atoms with E-state index in [2.05, 4.69) is 5.10 Å². The van der Waals surface area contributed by atoms with Crippen LogP contribution < -0.4 is 5.01 Å². The molecule has 0 atom stereocenters. The van der Waals surface area contributed by atoms with Gasteiger partial charge in [0.1, 0.15) is 5.02 Å². The zero-order valence-corrected chi connectivity index (χ0v) is 14.7. The number of nitro groups is 1. The van der Waals surface area contributed by atoms with Crippen molar-refractivity contribution in [2.45, 2.75) is 6.92 Å².